The Kier molecular flexibility index (Phi) is 24.1. The summed E-state index contributed by atoms with van der Waals surface area (Å²) in [4.78, 5) is 13.9. The minimum Gasteiger partial charge on any atom is -0.468 e. The van der Waals surface area contributed by atoms with E-state index in [0.717, 1.165) is 18.7 Å². The molecule has 0 aromatic carbocycles. The van der Waals surface area contributed by atoms with Crippen molar-refractivity contribution in [2.24, 2.45) is 11.5 Å². The van der Waals surface area contributed by atoms with E-state index >= 15 is 0 Å². The van der Waals surface area contributed by atoms with Crippen LogP contribution in [0.4, 0.5) is 4.53 Å². The van der Waals surface area contributed by atoms with Gasteiger partial charge in [-0.05, 0) is 63.2 Å². The molecule has 2 aliphatic rings. The standard InChI is InChI=1S/C16H29N3O5.C6H13FO3.CH5N.CH4/c17-13-7-11(19-10-21)8-14(22)16(13)24-15-4-1-3-12(23-15)9-18-5-2-6-20;1-3-5(8)6(10-7)9-4-2;1-2;/h3,10-11,13-16,18,20,22H,1-2,4-9,17H2,(H,19,21);5-6,8H,3-4H2,1-2H3;2H2,1H3;1H4/t11?,13?,14?,15-,16-;;;/m1.../s1. The molecule has 37 heavy (non-hydrogen) atoms. The molecule has 0 bridgehead atoms. The first-order chi connectivity index (χ1) is 17.4. The number of carbonyl (C=O) groups is 1. The van der Waals surface area contributed by atoms with E-state index in [-0.39, 0.29) is 26.1 Å². The third-order valence-corrected chi connectivity index (χ3v) is 5.52. The predicted molar refractivity (Wildman–Crippen MR) is 139 cm³/mol. The van der Waals surface area contributed by atoms with Crippen molar-refractivity contribution in [1.29, 1.82) is 0 Å². The van der Waals surface area contributed by atoms with E-state index in [1.807, 2.05) is 6.08 Å². The van der Waals surface area contributed by atoms with Crippen LogP contribution in [0, 0.1) is 0 Å². The topological polar surface area (TPSA) is 191 Å². The number of amides is 1. The number of rotatable bonds is 14. The van der Waals surface area contributed by atoms with Gasteiger partial charge in [-0.3, -0.25) is 4.79 Å². The van der Waals surface area contributed by atoms with Gasteiger partial charge in [0.15, 0.2) is 6.29 Å². The van der Waals surface area contributed by atoms with Gasteiger partial charge < -0.3 is 51.6 Å². The fraction of sp³-hybridized carbons (Fsp3) is 0.875. The summed E-state index contributed by atoms with van der Waals surface area (Å²) >= 11 is 0. The number of aliphatic hydroxyl groups excluding tert-OH is 3. The first kappa shape index (κ1) is 37.7. The van der Waals surface area contributed by atoms with Gasteiger partial charge in [0.2, 0.25) is 12.7 Å². The van der Waals surface area contributed by atoms with E-state index in [1.54, 1.807) is 13.8 Å². The minimum absolute atomic E-state index is 0. The molecular weight excluding hydrogens is 491 g/mol. The van der Waals surface area contributed by atoms with Gasteiger partial charge in [0.25, 0.3) is 0 Å². The molecule has 1 aliphatic carbocycles. The lowest BCUT2D eigenvalue weighted by atomic mass is 9.86. The van der Waals surface area contributed by atoms with E-state index in [2.05, 4.69) is 21.3 Å². The van der Waals surface area contributed by atoms with E-state index in [0.29, 0.717) is 51.7 Å². The van der Waals surface area contributed by atoms with Crippen LogP contribution in [0.15, 0.2) is 11.8 Å². The molecule has 0 saturated heterocycles. The van der Waals surface area contributed by atoms with Crippen LogP contribution in [-0.2, 0) is 23.9 Å². The van der Waals surface area contributed by atoms with Crippen molar-refractivity contribution in [2.45, 2.75) is 103 Å². The molecule has 222 valence electrons. The smallest absolute Gasteiger partial charge is 0.222 e. The molecule has 5 unspecified atom stereocenters. The minimum atomic E-state index is -1.13. The van der Waals surface area contributed by atoms with Gasteiger partial charge in [0, 0.05) is 31.7 Å². The fourth-order valence-corrected chi connectivity index (χ4v) is 3.70. The zero-order valence-electron chi connectivity index (χ0n) is 21.7. The number of nitrogens with two attached hydrogens (primary N) is 2. The predicted octanol–water partition coefficient (Wildman–Crippen LogP) is 0.193. The summed E-state index contributed by atoms with van der Waals surface area (Å²) in [6.07, 6.45) is 2.65. The summed E-state index contributed by atoms with van der Waals surface area (Å²) < 4.78 is 27.9. The third-order valence-electron chi connectivity index (χ3n) is 5.52. The summed E-state index contributed by atoms with van der Waals surface area (Å²) in [7, 11) is 1.50. The third kappa shape index (κ3) is 15.6. The molecular formula is C24H51FN4O8. The maximum atomic E-state index is 11.5. The number of hydrogen-bond donors (Lipinski definition) is 7. The Labute approximate surface area is 220 Å². The number of aliphatic hydroxyl groups is 3. The van der Waals surface area contributed by atoms with Crippen molar-refractivity contribution in [1.82, 2.24) is 10.6 Å². The summed E-state index contributed by atoms with van der Waals surface area (Å²) in [5.41, 5.74) is 10.6. The van der Waals surface area contributed by atoms with Gasteiger partial charge in [-0.15, -0.1) is 0 Å². The molecule has 1 amide bonds. The molecule has 1 saturated carbocycles. The van der Waals surface area contributed by atoms with Gasteiger partial charge in [0.05, 0.1) is 12.6 Å². The molecule has 0 aromatic rings. The normalized spacial score (nSPS) is 26.4. The second-order valence-electron chi connectivity index (χ2n) is 8.22. The van der Waals surface area contributed by atoms with Crippen LogP contribution in [0.25, 0.3) is 0 Å². The van der Waals surface area contributed by atoms with Crippen molar-refractivity contribution >= 4 is 6.41 Å². The van der Waals surface area contributed by atoms with Crippen LogP contribution in [0.3, 0.4) is 0 Å². The van der Waals surface area contributed by atoms with Crippen LogP contribution in [0.5, 0.6) is 0 Å². The Morgan fingerprint density at radius 2 is 2.03 bits per heavy atom. The Hall–Kier alpha value is -1.42. The Morgan fingerprint density at radius 3 is 2.57 bits per heavy atom. The number of ether oxygens (including phenoxy) is 3. The van der Waals surface area contributed by atoms with Crippen LogP contribution < -0.4 is 22.1 Å². The van der Waals surface area contributed by atoms with Gasteiger partial charge in [-0.1, -0.05) is 14.4 Å². The fourth-order valence-electron chi connectivity index (χ4n) is 3.70. The summed E-state index contributed by atoms with van der Waals surface area (Å²) in [5, 5.41) is 33.9. The maximum Gasteiger partial charge on any atom is 0.222 e. The van der Waals surface area contributed by atoms with E-state index < -0.39 is 30.9 Å². The molecule has 12 nitrogen and oxygen atoms in total. The Balaban J connectivity index is 0. The summed E-state index contributed by atoms with van der Waals surface area (Å²) in [6.45, 7) is 5.22. The lowest BCUT2D eigenvalue weighted by Crippen LogP contribution is -2.56. The van der Waals surface area contributed by atoms with Gasteiger partial charge in [0.1, 0.15) is 18.0 Å². The molecule has 13 heteroatoms. The lowest BCUT2D eigenvalue weighted by Gasteiger charge is -2.39. The van der Waals surface area contributed by atoms with Crippen molar-refractivity contribution in [2.75, 3.05) is 33.4 Å². The second-order valence-corrected chi connectivity index (χ2v) is 8.22. The number of halogens is 1. The van der Waals surface area contributed by atoms with Gasteiger partial charge >= 0.3 is 0 Å². The van der Waals surface area contributed by atoms with Crippen molar-refractivity contribution in [3.63, 3.8) is 0 Å². The zero-order chi connectivity index (χ0) is 27.3. The van der Waals surface area contributed by atoms with Crippen molar-refractivity contribution in [3.05, 3.63) is 11.8 Å². The van der Waals surface area contributed by atoms with Crippen LogP contribution >= 0.6 is 0 Å². The molecule has 0 aromatic heterocycles. The van der Waals surface area contributed by atoms with E-state index in [9.17, 15) is 14.4 Å². The van der Waals surface area contributed by atoms with Crippen molar-refractivity contribution in [3.8, 4) is 0 Å². The highest BCUT2D eigenvalue weighted by molar-refractivity contribution is 5.46. The first-order valence-corrected chi connectivity index (χ1v) is 12.5. The molecule has 0 spiro atoms. The monoisotopic (exact) mass is 542 g/mol. The lowest BCUT2D eigenvalue weighted by molar-refractivity contribution is -0.302. The molecule has 1 fully saturated rings. The average molecular weight is 543 g/mol. The van der Waals surface area contributed by atoms with Crippen LogP contribution in [0.2, 0.25) is 0 Å². The summed E-state index contributed by atoms with van der Waals surface area (Å²) in [6, 6.07) is -0.474. The zero-order valence-corrected chi connectivity index (χ0v) is 21.7. The highest BCUT2D eigenvalue weighted by Crippen LogP contribution is 2.26. The number of nitrogens with one attached hydrogen (secondary N) is 2. The number of carbonyl (C=O) groups excluding carboxylic acids is 1. The molecule has 1 aliphatic heterocycles. The molecule has 1 heterocycles. The SMILES string of the molecule is C.CCOC(OF)C(O)CC.CN.NC1CC(NC=O)CC(O)[C@@H]1O[C@@H]1CCC=C(CNCCCO)O1. The number of allylic oxidation sites excluding steroid dienone is 1. The van der Waals surface area contributed by atoms with Gasteiger partial charge in [-0.2, -0.15) is 4.94 Å². The molecule has 9 N–H and O–H groups in total. The van der Waals surface area contributed by atoms with Gasteiger partial charge in [-0.25, -0.2) is 0 Å². The molecule has 2 rings (SSSR count). The largest absolute Gasteiger partial charge is 0.468 e. The Bertz CT molecular complexity index is 567. The molecule has 0 radical (unpaired) electrons. The van der Waals surface area contributed by atoms with E-state index in [1.165, 1.54) is 7.05 Å². The van der Waals surface area contributed by atoms with Crippen LogP contribution in [-0.4, -0.2) is 98.1 Å². The summed E-state index contributed by atoms with van der Waals surface area (Å²) in [5.74, 6) is 0.809. The quantitative estimate of drug-likeness (QED) is 0.0901. The second kappa shape index (κ2) is 23.7. The van der Waals surface area contributed by atoms with Crippen molar-refractivity contribution < 1.29 is 43.8 Å². The highest BCUT2D eigenvalue weighted by atomic mass is 19.3. The van der Waals surface area contributed by atoms with Crippen LogP contribution in [0.1, 0.15) is 59.8 Å². The van der Waals surface area contributed by atoms with E-state index in [4.69, 9.17) is 30.2 Å². The Morgan fingerprint density at radius 1 is 1.32 bits per heavy atom. The number of hydrogen-bond acceptors (Lipinski definition) is 11. The molecule has 7 atom stereocenters. The highest BCUT2D eigenvalue weighted by Gasteiger charge is 2.38. The first-order valence-electron chi connectivity index (χ1n) is 12.5. The maximum absolute atomic E-state index is 11.5. The average Bonchev–Trinajstić information content (AvgIpc) is 2.89.